The van der Waals surface area contributed by atoms with Crippen LogP contribution in [0.1, 0.15) is 51.9 Å². The van der Waals surface area contributed by atoms with E-state index in [2.05, 4.69) is 44.0 Å². The van der Waals surface area contributed by atoms with Crippen molar-refractivity contribution in [3.8, 4) is 0 Å². The molecular weight excluding hydrogens is 236 g/mol. The topological polar surface area (TPSA) is 28.4 Å². The lowest BCUT2D eigenvalue weighted by Gasteiger charge is -2.26. The van der Waals surface area contributed by atoms with Gasteiger partial charge < -0.3 is 9.73 Å². The zero-order valence-corrected chi connectivity index (χ0v) is 12.8. The third-order valence-corrected chi connectivity index (χ3v) is 3.80. The second-order valence-corrected chi connectivity index (χ2v) is 6.37. The standard InChI is InChI=1S/C16H28N2O/c1-12(2)17-9-16-15(7-8-19-16)11-18(13(3)4)10-14-5-6-14/h7-8,12-14,17H,5-6,9-11H2,1-4H3. The van der Waals surface area contributed by atoms with Crippen LogP contribution in [0.2, 0.25) is 0 Å². The lowest BCUT2D eigenvalue weighted by Crippen LogP contribution is -2.32. The van der Waals surface area contributed by atoms with Crippen LogP contribution >= 0.6 is 0 Å². The number of rotatable bonds is 8. The van der Waals surface area contributed by atoms with Crippen molar-refractivity contribution in [2.75, 3.05) is 6.54 Å². The molecule has 19 heavy (non-hydrogen) atoms. The Morgan fingerprint density at radius 1 is 1.32 bits per heavy atom. The summed E-state index contributed by atoms with van der Waals surface area (Å²) in [6, 6.07) is 3.21. The molecule has 2 rings (SSSR count). The van der Waals surface area contributed by atoms with Gasteiger partial charge in [-0.05, 0) is 38.7 Å². The summed E-state index contributed by atoms with van der Waals surface area (Å²) in [5.41, 5.74) is 1.34. The molecule has 1 fully saturated rings. The van der Waals surface area contributed by atoms with Gasteiger partial charge in [-0.3, -0.25) is 4.90 Å². The molecule has 1 saturated carbocycles. The highest BCUT2D eigenvalue weighted by Crippen LogP contribution is 2.31. The molecule has 1 aliphatic carbocycles. The van der Waals surface area contributed by atoms with Crippen LogP contribution in [-0.2, 0) is 13.1 Å². The molecule has 1 aliphatic rings. The van der Waals surface area contributed by atoms with Gasteiger partial charge in [0.2, 0.25) is 0 Å². The van der Waals surface area contributed by atoms with Crippen molar-refractivity contribution < 1.29 is 4.42 Å². The normalized spacial score (nSPS) is 15.9. The van der Waals surface area contributed by atoms with Gasteiger partial charge >= 0.3 is 0 Å². The fourth-order valence-corrected chi connectivity index (χ4v) is 2.27. The first kappa shape index (κ1) is 14.6. The molecule has 0 amide bonds. The highest BCUT2D eigenvalue weighted by Gasteiger charge is 2.26. The molecule has 0 atom stereocenters. The van der Waals surface area contributed by atoms with E-state index in [4.69, 9.17) is 4.42 Å². The second-order valence-electron chi connectivity index (χ2n) is 6.37. The summed E-state index contributed by atoms with van der Waals surface area (Å²) in [5.74, 6) is 2.03. The van der Waals surface area contributed by atoms with E-state index >= 15 is 0 Å². The molecule has 1 N–H and O–H groups in total. The van der Waals surface area contributed by atoms with Crippen molar-refractivity contribution in [3.05, 3.63) is 23.7 Å². The Balaban J connectivity index is 1.93. The number of hydrogen-bond donors (Lipinski definition) is 1. The van der Waals surface area contributed by atoms with Crippen molar-refractivity contribution in [3.63, 3.8) is 0 Å². The summed E-state index contributed by atoms with van der Waals surface area (Å²) in [6.07, 6.45) is 4.65. The van der Waals surface area contributed by atoms with E-state index in [1.54, 1.807) is 0 Å². The van der Waals surface area contributed by atoms with Crippen LogP contribution in [0, 0.1) is 5.92 Å². The number of furan rings is 1. The van der Waals surface area contributed by atoms with Crippen LogP contribution < -0.4 is 5.32 Å². The van der Waals surface area contributed by atoms with E-state index in [1.807, 2.05) is 6.26 Å². The van der Waals surface area contributed by atoms with Crippen LogP contribution in [-0.4, -0.2) is 23.5 Å². The van der Waals surface area contributed by atoms with Gasteiger partial charge in [0.25, 0.3) is 0 Å². The Kier molecular flexibility index (Phi) is 5.06. The maximum absolute atomic E-state index is 5.63. The molecule has 0 radical (unpaired) electrons. The Morgan fingerprint density at radius 2 is 2.05 bits per heavy atom. The lowest BCUT2D eigenvalue weighted by atomic mass is 10.2. The van der Waals surface area contributed by atoms with Crippen LogP contribution in [0.3, 0.4) is 0 Å². The highest BCUT2D eigenvalue weighted by atomic mass is 16.3. The monoisotopic (exact) mass is 264 g/mol. The summed E-state index contributed by atoms with van der Waals surface area (Å²) >= 11 is 0. The van der Waals surface area contributed by atoms with Crippen molar-refractivity contribution >= 4 is 0 Å². The summed E-state index contributed by atoms with van der Waals surface area (Å²) in [5, 5.41) is 3.43. The van der Waals surface area contributed by atoms with Crippen molar-refractivity contribution in [2.24, 2.45) is 5.92 Å². The average molecular weight is 264 g/mol. The molecule has 0 aliphatic heterocycles. The maximum Gasteiger partial charge on any atom is 0.122 e. The number of hydrogen-bond acceptors (Lipinski definition) is 3. The van der Waals surface area contributed by atoms with Crippen LogP contribution in [0.4, 0.5) is 0 Å². The first-order valence-corrected chi connectivity index (χ1v) is 7.59. The molecule has 1 aromatic heterocycles. The summed E-state index contributed by atoms with van der Waals surface area (Å²) in [4.78, 5) is 2.57. The SMILES string of the molecule is CC(C)NCc1occc1CN(CC1CC1)C(C)C. The van der Waals surface area contributed by atoms with E-state index < -0.39 is 0 Å². The van der Waals surface area contributed by atoms with Crippen molar-refractivity contribution in [2.45, 2.75) is 65.7 Å². The number of nitrogens with one attached hydrogen (secondary N) is 1. The molecule has 0 bridgehead atoms. The van der Waals surface area contributed by atoms with Gasteiger partial charge in [-0.15, -0.1) is 0 Å². The first-order valence-electron chi connectivity index (χ1n) is 7.59. The minimum atomic E-state index is 0.491. The van der Waals surface area contributed by atoms with Gasteiger partial charge in [0, 0.05) is 30.7 Å². The highest BCUT2D eigenvalue weighted by molar-refractivity contribution is 5.17. The number of nitrogens with zero attached hydrogens (tertiary/aromatic N) is 1. The van der Waals surface area contributed by atoms with Crippen molar-refractivity contribution in [1.29, 1.82) is 0 Å². The van der Waals surface area contributed by atoms with E-state index in [9.17, 15) is 0 Å². The van der Waals surface area contributed by atoms with Gasteiger partial charge in [0.05, 0.1) is 12.8 Å². The van der Waals surface area contributed by atoms with Crippen LogP contribution in [0.15, 0.2) is 16.7 Å². The first-order chi connectivity index (χ1) is 9.06. The Hall–Kier alpha value is -0.800. The third-order valence-electron chi connectivity index (χ3n) is 3.80. The molecule has 0 saturated heterocycles. The summed E-state index contributed by atoms with van der Waals surface area (Å²) in [6.45, 7) is 12.0. The van der Waals surface area contributed by atoms with E-state index in [0.717, 1.165) is 24.8 Å². The van der Waals surface area contributed by atoms with Gasteiger partial charge in [0.1, 0.15) is 5.76 Å². The molecule has 0 spiro atoms. The zero-order valence-electron chi connectivity index (χ0n) is 12.8. The van der Waals surface area contributed by atoms with Gasteiger partial charge in [-0.25, -0.2) is 0 Å². The maximum atomic E-state index is 5.63. The third kappa shape index (κ3) is 4.66. The second kappa shape index (κ2) is 6.58. The average Bonchev–Trinajstić information content (AvgIpc) is 3.04. The van der Waals surface area contributed by atoms with Gasteiger partial charge in [0.15, 0.2) is 0 Å². The molecule has 0 aromatic carbocycles. The molecule has 108 valence electrons. The quantitative estimate of drug-likeness (QED) is 0.780. The minimum Gasteiger partial charge on any atom is -0.468 e. The van der Waals surface area contributed by atoms with Crippen LogP contribution in [0.5, 0.6) is 0 Å². The van der Waals surface area contributed by atoms with Gasteiger partial charge in [-0.1, -0.05) is 13.8 Å². The molecular formula is C16H28N2O. The predicted molar refractivity (Wildman–Crippen MR) is 79.0 cm³/mol. The van der Waals surface area contributed by atoms with Crippen LogP contribution in [0.25, 0.3) is 0 Å². The van der Waals surface area contributed by atoms with E-state index in [0.29, 0.717) is 12.1 Å². The molecule has 3 heteroatoms. The van der Waals surface area contributed by atoms with Gasteiger partial charge in [-0.2, -0.15) is 0 Å². The predicted octanol–water partition coefficient (Wildman–Crippen LogP) is 3.40. The minimum absolute atomic E-state index is 0.491. The Morgan fingerprint density at radius 3 is 2.63 bits per heavy atom. The smallest absolute Gasteiger partial charge is 0.122 e. The van der Waals surface area contributed by atoms with E-state index in [1.165, 1.54) is 24.9 Å². The molecule has 3 nitrogen and oxygen atoms in total. The molecule has 1 heterocycles. The Bertz CT molecular complexity index is 380. The zero-order chi connectivity index (χ0) is 13.8. The fraction of sp³-hybridized carbons (Fsp3) is 0.750. The largest absolute Gasteiger partial charge is 0.468 e. The summed E-state index contributed by atoms with van der Waals surface area (Å²) in [7, 11) is 0. The fourth-order valence-electron chi connectivity index (χ4n) is 2.27. The summed E-state index contributed by atoms with van der Waals surface area (Å²) < 4.78 is 5.63. The molecule has 0 unspecified atom stereocenters. The molecule has 1 aromatic rings. The van der Waals surface area contributed by atoms with Crippen molar-refractivity contribution in [1.82, 2.24) is 10.2 Å². The Labute approximate surface area is 117 Å². The lowest BCUT2D eigenvalue weighted by molar-refractivity contribution is 0.202. The van der Waals surface area contributed by atoms with E-state index in [-0.39, 0.29) is 0 Å².